The van der Waals surface area contributed by atoms with Crippen LogP contribution in [-0.4, -0.2) is 37.1 Å². The number of primary amides is 1. The summed E-state index contributed by atoms with van der Waals surface area (Å²) in [7, 11) is 0. The molecule has 4 rings (SSSR count). The monoisotopic (exact) mass is 446 g/mol. The summed E-state index contributed by atoms with van der Waals surface area (Å²) in [4.78, 5) is 19.3. The van der Waals surface area contributed by atoms with E-state index in [1.165, 1.54) is 11.8 Å². The van der Waals surface area contributed by atoms with Gasteiger partial charge in [-0.05, 0) is 35.8 Å². The summed E-state index contributed by atoms with van der Waals surface area (Å²) < 4.78 is 0. The predicted molar refractivity (Wildman–Crippen MR) is 124 cm³/mol. The summed E-state index contributed by atoms with van der Waals surface area (Å²) in [5, 5.41) is 23.0. The molecule has 2 aliphatic rings. The summed E-state index contributed by atoms with van der Waals surface area (Å²) in [6.45, 7) is 5.67. The van der Waals surface area contributed by atoms with Crippen molar-refractivity contribution in [3.05, 3.63) is 52.6 Å². The van der Waals surface area contributed by atoms with Crippen molar-refractivity contribution in [2.45, 2.75) is 36.5 Å². The van der Waals surface area contributed by atoms with Crippen LogP contribution < -0.4 is 16.0 Å². The molecule has 2 saturated heterocycles. The molecule has 2 fully saturated rings. The minimum Gasteiger partial charge on any atom is -0.368 e. The summed E-state index contributed by atoms with van der Waals surface area (Å²) in [6, 6.07) is 13.8. The molecule has 8 heteroatoms. The van der Waals surface area contributed by atoms with Gasteiger partial charge in [-0.25, -0.2) is 4.98 Å². The van der Waals surface area contributed by atoms with E-state index in [2.05, 4.69) is 22.4 Å². The number of aromatic nitrogens is 1. The van der Waals surface area contributed by atoms with Crippen LogP contribution in [0.25, 0.3) is 0 Å². The van der Waals surface area contributed by atoms with Crippen LogP contribution in [0.3, 0.4) is 0 Å². The fraction of sp³-hybridized carbons (Fsp3) is 0.417. The van der Waals surface area contributed by atoms with Gasteiger partial charge in [0.05, 0.1) is 11.1 Å². The quantitative estimate of drug-likeness (QED) is 0.655. The Kier molecular flexibility index (Phi) is 6.36. The summed E-state index contributed by atoms with van der Waals surface area (Å²) in [5.74, 6) is 0.123. The lowest BCUT2D eigenvalue weighted by Gasteiger charge is -2.48. The van der Waals surface area contributed by atoms with Gasteiger partial charge >= 0.3 is 0 Å². The van der Waals surface area contributed by atoms with E-state index in [1.54, 1.807) is 0 Å². The minimum absolute atomic E-state index is 0.358. The average molecular weight is 447 g/mol. The van der Waals surface area contributed by atoms with Gasteiger partial charge in [0.15, 0.2) is 0 Å². The van der Waals surface area contributed by atoms with Gasteiger partial charge in [0, 0.05) is 26.2 Å². The van der Waals surface area contributed by atoms with Gasteiger partial charge in [-0.3, -0.25) is 4.79 Å². The van der Waals surface area contributed by atoms with E-state index >= 15 is 0 Å². The smallest absolute Gasteiger partial charge is 0.235 e. The summed E-state index contributed by atoms with van der Waals surface area (Å²) in [6.07, 6.45) is 2.62. The Morgan fingerprint density at radius 2 is 1.88 bits per heavy atom. The molecule has 164 valence electrons. The summed E-state index contributed by atoms with van der Waals surface area (Å²) in [5.41, 5.74) is 8.36. The normalized spacial score (nSPS) is 17.8. The molecule has 1 atom stereocenters. The maximum absolute atomic E-state index is 12.3. The fourth-order valence-electron chi connectivity index (χ4n) is 4.55. The van der Waals surface area contributed by atoms with E-state index in [-0.39, 0.29) is 0 Å². The highest BCUT2D eigenvalue weighted by Crippen LogP contribution is 2.41. The summed E-state index contributed by atoms with van der Waals surface area (Å²) >= 11 is 1.19. The molecule has 1 spiro atoms. The van der Waals surface area contributed by atoms with Crippen molar-refractivity contribution in [3.63, 3.8) is 0 Å². The van der Waals surface area contributed by atoms with Crippen molar-refractivity contribution in [1.29, 1.82) is 10.5 Å². The number of anilines is 1. The highest BCUT2D eigenvalue weighted by molar-refractivity contribution is 8.00. The Labute approximate surface area is 192 Å². The standard InChI is InChI=1S/C24H26N6OS/c1-2-17-18(12-25)22(30-10-8-24(9-11-30)14-28-15-24)29-23(19(17)13-26)32-20(21(27)31)16-6-4-3-5-7-16/h3-7,20,28H,2,8-11,14-15H2,1H3,(H2,27,31). The first-order valence-electron chi connectivity index (χ1n) is 10.9. The predicted octanol–water partition coefficient (Wildman–Crippen LogP) is 2.90. The molecule has 7 nitrogen and oxygen atoms in total. The molecule has 2 aliphatic heterocycles. The number of pyridine rings is 1. The molecular weight excluding hydrogens is 420 g/mol. The van der Waals surface area contributed by atoms with Gasteiger partial charge < -0.3 is 16.0 Å². The maximum atomic E-state index is 12.3. The van der Waals surface area contributed by atoms with E-state index in [4.69, 9.17) is 10.7 Å². The van der Waals surface area contributed by atoms with Crippen LogP contribution in [0.15, 0.2) is 35.4 Å². The molecule has 0 saturated carbocycles. The zero-order chi connectivity index (χ0) is 22.7. The van der Waals surface area contributed by atoms with Gasteiger partial charge in [0.25, 0.3) is 0 Å². The molecule has 0 aliphatic carbocycles. The second kappa shape index (κ2) is 9.20. The number of hydrogen-bond acceptors (Lipinski definition) is 7. The number of hydrogen-bond donors (Lipinski definition) is 2. The number of benzene rings is 1. The molecular formula is C24H26N6OS. The third-order valence-corrected chi connectivity index (χ3v) is 7.80. The number of piperidine rings is 1. The zero-order valence-corrected chi connectivity index (χ0v) is 18.9. The number of nitrogens with one attached hydrogen (secondary N) is 1. The number of carbonyl (C=O) groups is 1. The van der Waals surface area contributed by atoms with Gasteiger partial charge in [-0.2, -0.15) is 10.5 Å². The van der Waals surface area contributed by atoms with Gasteiger partial charge in [-0.15, -0.1) is 0 Å². The first-order valence-corrected chi connectivity index (χ1v) is 11.7. The van der Waals surface area contributed by atoms with Crippen LogP contribution in [0, 0.1) is 28.1 Å². The largest absolute Gasteiger partial charge is 0.368 e. The highest BCUT2D eigenvalue weighted by Gasteiger charge is 2.40. The van der Waals surface area contributed by atoms with E-state index in [0.717, 1.165) is 44.6 Å². The highest BCUT2D eigenvalue weighted by atomic mass is 32.2. The SMILES string of the molecule is CCc1c(C#N)c(SC(C(N)=O)c2ccccc2)nc(N2CCC3(CC2)CNC3)c1C#N. The van der Waals surface area contributed by atoms with Crippen LogP contribution in [0.1, 0.15) is 47.3 Å². The molecule has 3 N–H and O–H groups in total. The molecule has 1 amide bonds. The van der Waals surface area contributed by atoms with Gasteiger partial charge in [-0.1, -0.05) is 49.0 Å². The van der Waals surface area contributed by atoms with E-state index < -0.39 is 11.2 Å². The third kappa shape index (κ3) is 4.04. The molecule has 32 heavy (non-hydrogen) atoms. The van der Waals surface area contributed by atoms with Crippen molar-refractivity contribution < 1.29 is 4.79 Å². The molecule has 0 radical (unpaired) electrons. The van der Waals surface area contributed by atoms with Crippen molar-refractivity contribution in [2.75, 3.05) is 31.1 Å². The topological polar surface area (TPSA) is 119 Å². The van der Waals surface area contributed by atoms with E-state index in [0.29, 0.717) is 39.4 Å². The van der Waals surface area contributed by atoms with Crippen molar-refractivity contribution in [3.8, 4) is 12.1 Å². The third-order valence-electron chi connectivity index (χ3n) is 6.54. The lowest BCUT2D eigenvalue weighted by atomic mass is 9.73. The molecule has 2 aromatic rings. The van der Waals surface area contributed by atoms with Crippen molar-refractivity contribution >= 4 is 23.5 Å². The number of nitrogens with zero attached hydrogens (tertiary/aromatic N) is 4. The van der Waals surface area contributed by atoms with Crippen molar-refractivity contribution in [1.82, 2.24) is 10.3 Å². The minimum atomic E-state index is -0.674. The Hall–Kier alpha value is -3.07. The van der Waals surface area contributed by atoms with Gasteiger partial charge in [0.1, 0.15) is 28.2 Å². The first kappa shape index (κ1) is 22.1. The second-order valence-electron chi connectivity index (χ2n) is 8.45. The van der Waals surface area contributed by atoms with Crippen molar-refractivity contribution in [2.24, 2.45) is 11.1 Å². The van der Waals surface area contributed by atoms with Crippen LogP contribution >= 0.6 is 11.8 Å². The Balaban J connectivity index is 1.75. The fourth-order valence-corrected chi connectivity index (χ4v) is 5.61. The maximum Gasteiger partial charge on any atom is 0.235 e. The van der Waals surface area contributed by atoms with Crippen LogP contribution in [0.2, 0.25) is 0 Å². The molecule has 1 unspecified atom stereocenters. The van der Waals surface area contributed by atoms with Crippen LogP contribution in [0.5, 0.6) is 0 Å². The van der Waals surface area contributed by atoms with Gasteiger partial charge in [0.2, 0.25) is 5.91 Å². The van der Waals surface area contributed by atoms with E-state index in [9.17, 15) is 15.3 Å². The lowest BCUT2D eigenvalue weighted by molar-refractivity contribution is -0.117. The average Bonchev–Trinajstić information content (AvgIpc) is 2.80. The number of amides is 1. The number of carbonyl (C=O) groups excluding carboxylic acids is 1. The van der Waals surface area contributed by atoms with Crippen LogP contribution in [-0.2, 0) is 11.2 Å². The molecule has 1 aromatic heterocycles. The number of rotatable bonds is 6. The Morgan fingerprint density at radius 1 is 1.22 bits per heavy atom. The molecule has 1 aromatic carbocycles. The Bertz CT molecular complexity index is 1090. The van der Waals surface area contributed by atoms with E-state index in [1.807, 2.05) is 37.3 Å². The Morgan fingerprint density at radius 3 is 2.38 bits per heavy atom. The number of nitrogens with two attached hydrogens (primary N) is 1. The van der Waals surface area contributed by atoms with Crippen LogP contribution in [0.4, 0.5) is 5.82 Å². The number of nitriles is 2. The molecule has 0 bridgehead atoms. The first-order chi connectivity index (χ1) is 15.5. The lowest BCUT2D eigenvalue weighted by Crippen LogP contribution is -2.58. The number of thioether (sulfide) groups is 1. The second-order valence-corrected chi connectivity index (χ2v) is 9.54. The molecule has 3 heterocycles. The zero-order valence-electron chi connectivity index (χ0n) is 18.1.